The Hall–Kier alpha value is -3.29. The van der Waals surface area contributed by atoms with Crippen LogP contribution in [0, 0.1) is 0 Å². The Morgan fingerprint density at radius 3 is 2.59 bits per heavy atom. The molecule has 3 rings (SSSR count). The summed E-state index contributed by atoms with van der Waals surface area (Å²) in [7, 11) is 0. The van der Waals surface area contributed by atoms with Crippen molar-refractivity contribution in [2.45, 2.75) is 6.54 Å². The Morgan fingerprint density at radius 1 is 1.18 bits per heavy atom. The number of carbonyl (C=O) groups is 2. The highest BCUT2D eigenvalue weighted by atomic mass is 16.4. The van der Waals surface area contributed by atoms with Crippen molar-refractivity contribution in [2.24, 2.45) is 0 Å². The molecule has 0 bridgehead atoms. The van der Waals surface area contributed by atoms with E-state index >= 15 is 0 Å². The van der Waals surface area contributed by atoms with E-state index in [-0.39, 0.29) is 11.5 Å². The molecule has 2 amide bonds. The molecule has 22 heavy (non-hydrogen) atoms. The molecule has 1 aliphatic rings. The van der Waals surface area contributed by atoms with Crippen molar-refractivity contribution in [1.29, 1.82) is 0 Å². The van der Waals surface area contributed by atoms with Gasteiger partial charge in [-0.05, 0) is 18.2 Å². The summed E-state index contributed by atoms with van der Waals surface area (Å²) in [6, 6.07) is 5.26. The van der Waals surface area contributed by atoms with Gasteiger partial charge in [0.05, 0.1) is 22.6 Å². The lowest BCUT2D eigenvalue weighted by Gasteiger charge is -2.09. The largest absolute Gasteiger partial charge is 0.465 e. The third kappa shape index (κ3) is 2.26. The molecule has 8 heteroatoms. The smallest absolute Gasteiger partial charge is 0.410 e. The third-order valence-corrected chi connectivity index (χ3v) is 3.25. The predicted molar refractivity (Wildman–Crippen MR) is 80.0 cm³/mol. The minimum atomic E-state index is -1.28. The zero-order chi connectivity index (χ0) is 15.7. The quantitative estimate of drug-likeness (QED) is 0.695. The number of anilines is 2. The summed E-state index contributed by atoms with van der Waals surface area (Å²) in [5, 5.41) is 22.6. The Balaban J connectivity index is 2.25. The summed E-state index contributed by atoms with van der Waals surface area (Å²) in [5.74, 6) is 0.176. The van der Waals surface area contributed by atoms with Crippen molar-refractivity contribution in [2.75, 3.05) is 10.6 Å². The molecule has 0 saturated heterocycles. The Morgan fingerprint density at radius 2 is 1.95 bits per heavy atom. The Labute approximate surface area is 124 Å². The van der Waals surface area contributed by atoms with Gasteiger partial charge in [0, 0.05) is 12.7 Å². The fourth-order valence-corrected chi connectivity index (χ4v) is 2.50. The number of carboxylic acid groups (broad SMARTS) is 2. The molecule has 0 aromatic carbocycles. The predicted octanol–water partition coefficient (Wildman–Crippen LogP) is 2.76. The average Bonchev–Trinajstić information content (AvgIpc) is 3.02. The second kappa shape index (κ2) is 5.24. The molecule has 4 N–H and O–H groups in total. The van der Waals surface area contributed by atoms with Crippen LogP contribution in [0.1, 0.15) is 5.69 Å². The lowest BCUT2D eigenvalue weighted by atomic mass is 10.1. The normalized spacial score (nSPS) is 12.0. The monoisotopic (exact) mass is 300 g/mol. The zero-order valence-corrected chi connectivity index (χ0v) is 11.3. The molecule has 0 atom stereocenters. The highest BCUT2D eigenvalue weighted by molar-refractivity contribution is 6.02. The molecular formula is C14H12N4O4. The molecule has 1 aliphatic heterocycles. The highest BCUT2D eigenvalue weighted by Crippen LogP contribution is 2.42. The maximum atomic E-state index is 11.1. The van der Waals surface area contributed by atoms with E-state index in [4.69, 9.17) is 10.2 Å². The van der Waals surface area contributed by atoms with Crippen LogP contribution in [0.25, 0.3) is 17.3 Å². The third-order valence-electron chi connectivity index (χ3n) is 3.25. The number of hydrogen-bond acceptors (Lipinski definition) is 3. The van der Waals surface area contributed by atoms with Gasteiger partial charge in [-0.1, -0.05) is 12.1 Å². The van der Waals surface area contributed by atoms with Gasteiger partial charge >= 0.3 is 12.2 Å². The minimum absolute atomic E-state index is 0.174. The first-order valence-corrected chi connectivity index (χ1v) is 6.42. The number of nitrogens with zero attached hydrogens (tertiary/aromatic N) is 2. The van der Waals surface area contributed by atoms with Crippen molar-refractivity contribution in [3.8, 4) is 11.3 Å². The highest BCUT2D eigenvalue weighted by Gasteiger charge is 2.27. The lowest BCUT2D eigenvalue weighted by molar-refractivity contribution is 0.208. The fourth-order valence-electron chi connectivity index (χ4n) is 2.50. The van der Waals surface area contributed by atoms with Gasteiger partial charge in [-0.2, -0.15) is 0 Å². The molecule has 0 unspecified atom stereocenters. The standard InChI is InChI=1S/C14H12N4O4/c19-13(20)16-11-10(8-4-1-2-6-15-8)9-5-3-7-18(9)12(11)17-14(21)22/h1-6,16-17H,7H2,(H,19,20)(H,21,22). The van der Waals surface area contributed by atoms with E-state index in [0.29, 0.717) is 23.5 Å². The summed E-state index contributed by atoms with van der Waals surface area (Å²) < 4.78 is 1.68. The van der Waals surface area contributed by atoms with Crippen molar-refractivity contribution < 1.29 is 19.8 Å². The number of allylic oxidation sites excluding steroid dienone is 1. The number of fused-ring (bicyclic) bond motifs is 1. The topological polar surface area (TPSA) is 116 Å². The van der Waals surface area contributed by atoms with Crippen LogP contribution in [-0.4, -0.2) is 32.0 Å². The second-order valence-electron chi connectivity index (χ2n) is 4.57. The van der Waals surface area contributed by atoms with E-state index in [1.807, 2.05) is 12.2 Å². The number of hydrogen-bond donors (Lipinski definition) is 4. The minimum Gasteiger partial charge on any atom is -0.465 e. The SMILES string of the molecule is O=C(O)Nc1c(-c2ccccn2)c2n(c1NC(=O)O)CC=C2. The molecule has 0 aliphatic carbocycles. The van der Waals surface area contributed by atoms with Crippen LogP contribution in [0.4, 0.5) is 21.1 Å². The van der Waals surface area contributed by atoms with E-state index in [0.717, 1.165) is 0 Å². The van der Waals surface area contributed by atoms with E-state index < -0.39 is 12.2 Å². The van der Waals surface area contributed by atoms with E-state index in [2.05, 4.69) is 15.6 Å². The van der Waals surface area contributed by atoms with Crippen molar-refractivity contribution >= 4 is 29.8 Å². The molecule has 0 spiro atoms. The molecule has 8 nitrogen and oxygen atoms in total. The van der Waals surface area contributed by atoms with Crippen LogP contribution in [-0.2, 0) is 6.54 Å². The Kier molecular flexibility index (Phi) is 3.26. The number of aromatic nitrogens is 2. The van der Waals surface area contributed by atoms with Crippen molar-refractivity contribution in [3.05, 3.63) is 36.2 Å². The summed E-state index contributed by atoms with van der Waals surface area (Å²) in [4.78, 5) is 26.3. The maximum absolute atomic E-state index is 11.1. The lowest BCUT2D eigenvalue weighted by Crippen LogP contribution is -2.15. The van der Waals surface area contributed by atoms with Gasteiger partial charge in [0.2, 0.25) is 0 Å². The maximum Gasteiger partial charge on any atom is 0.410 e. The van der Waals surface area contributed by atoms with E-state index in [1.54, 1.807) is 29.0 Å². The van der Waals surface area contributed by atoms with Crippen LogP contribution >= 0.6 is 0 Å². The van der Waals surface area contributed by atoms with Crippen LogP contribution < -0.4 is 10.6 Å². The Bertz CT molecular complexity index is 780. The van der Waals surface area contributed by atoms with Crippen LogP contribution in [0.2, 0.25) is 0 Å². The average molecular weight is 300 g/mol. The number of rotatable bonds is 3. The first kappa shape index (κ1) is 13.7. The van der Waals surface area contributed by atoms with Gasteiger partial charge in [0.1, 0.15) is 5.82 Å². The van der Waals surface area contributed by atoms with Gasteiger partial charge in [-0.3, -0.25) is 15.6 Å². The van der Waals surface area contributed by atoms with Gasteiger partial charge in [-0.25, -0.2) is 9.59 Å². The first-order valence-electron chi connectivity index (χ1n) is 6.42. The molecular weight excluding hydrogens is 288 g/mol. The number of nitrogens with one attached hydrogen (secondary N) is 2. The molecule has 3 heterocycles. The van der Waals surface area contributed by atoms with Gasteiger partial charge in [0.25, 0.3) is 0 Å². The van der Waals surface area contributed by atoms with Gasteiger partial charge in [-0.15, -0.1) is 0 Å². The second-order valence-corrected chi connectivity index (χ2v) is 4.57. The summed E-state index contributed by atoms with van der Waals surface area (Å²) in [6.07, 6.45) is 2.71. The molecule has 0 saturated carbocycles. The van der Waals surface area contributed by atoms with E-state index in [9.17, 15) is 9.59 Å². The van der Waals surface area contributed by atoms with Crippen LogP contribution in [0.15, 0.2) is 30.5 Å². The van der Waals surface area contributed by atoms with Crippen LogP contribution in [0.3, 0.4) is 0 Å². The molecule has 0 radical (unpaired) electrons. The number of pyridine rings is 1. The summed E-state index contributed by atoms with van der Waals surface area (Å²) >= 11 is 0. The van der Waals surface area contributed by atoms with Gasteiger partial charge < -0.3 is 14.8 Å². The zero-order valence-electron chi connectivity index (χ0n) is 11.3. The van der Waals surface area contributed by atoms with Crippen LogP contribution in [0.5, 0.6) is 0 Å². The van der Waals surface area contributed by atoms with E-state index in [1.165, 1.54) is 0 Å². The summed E-state index contributed by atoms with van der Waals surface area (Å²) in [6.45, 7) is 0.450. The molecule has 0 fully saturated rings. The van der Waals surface area contributed by atoms with Gasteiger partial charge in [0.15, 0.2) is 0 Å². The van der Waals surface area contributed by atoms with Crippen molar-refractivity contribution in [1.82, 2.24) is 9.55 Å². The molecule has 2 aromatic heterocycles. The number of amides is 2. The fraction of sp³-hybridized carbons (Fsp3) is 0.0714. The molecule has 112 valence electrons. The molecule has 2 aromatic rings. The first-order chi connectivity index (χ1) is 10.6. The van der Waals surface area contributed by atoms with Crippen molar-refractivity contribution in [3.63, 3.8) is 0 Å². The summed E-state index contributed by atoms with van der Waals surface area (Å²) in [5.41, 5.74) is 1.97.